The summed E-state index contributed by atoms with van der Waals surface area (Å²) in [6.07, 6.45) is 1.77. The van der Waals surface area contributed by atoms with Gasteiger partial charge in [0.15, 0.2) is 0 Å². The van der Waals surface area contributed by atoms with Gasteiger partial charge in [-0.05, 0) is 62.1 Å². The van der Waals surface area contributed by atoms with Crippen LogP contribution in [-0.2, 0) is 23.1 Å². The number of benzene rings is 2. The molecule has 0 unspecified atom stereocenters. The molecule has 2 rings (SSSR count). The third-order valence-electron chi connectivity index (χ3n) is 4.85. The standard InChI is InChI=1S/C22H30N2O4S/c1-5-17(4)24(22(25)23-20-12-8-18(6-2)9-13-20)16-19-10-14-21(15-11-19)28-29(26,27)7-3/h8-15,17H,5-7,16H2,1-4H3,(H,23,25)/t17-/m1/s1. The smallest absolute Gasteiger partial charge is 0.322 e. The van der Waals surface area contributed by atoms with Gasteiger partial charge in [-0.25, -0.2) is 4.79 Å². The van der Waals surface area contributed by atoms with Gasteiger partial charge in [0.05, 0.1) is 5.75 Å². The van der Waals surface area contributed by atoms with Crippen LogP contribution < -0.4 is 9.50 Å². The van der Waals surface area contributed by atoms with Gasteiger partial charge in [-0.1, -0.05) is 38.1 Å². The Hall–Kier alpha value is -2.54. The van der Waals surface area contributed by atoms with Crippen molar-refractivity contribution in [1.82, 2.24) is 4.90 Å². The third kappa shape index (κ3) is 6.78. The quantitative estimate of drug-likeness (QED) is 0.593. The summed E-state index contributed by atoms with van der Waals surface area (Å²) in [5, 5.41) is 2.96. The van der Waals surface area contributed by atoms with Crippen molar-refractivity contribution in [3.8, 4) is 5.75 Å². The molecule has 2 aromatic carbocycles. The SMILES string of the molecule is CCc1ccc(NC(=O)N(Cc2ccc(OS(=O)(=O)CC)cc2)[C@H](C)CC)cc1. The number of aryl methyl sites for hydroxylation is 1. The van der Waals surface area contributed by atoms with E-state index >= 15 is 0 Å². The molecule has 158 valence electrons. The lowest BCUT2D eigenvalue weighted by atomic mass is 10.1. The molecule has 0 aromatic heterocycles. The number of urea groups is 1. The first kappa shape index (κ1) is 22.7. The number of nitrogens with zero attached hydrogens (tertiary/aromatic N) is 1. The van der Waals surface area contributed by atoms with Crippen LogP contribution in [0.15, 0.2) is 48.5 Å². The monoisotopic (exact) mass is 418 g/mol. The van der Waals surface area contributed by atoms with Gasteiger partial charge >= 0.3 is 16.1 Å². The number of amides is 2. The predicted molar refractivity (Wildman–Crippen MR) is 117 cm³/mol. The van der Waals surface area contributed by atoms with Crippen molar-refractivity contribution < 1.29 is 17.4 Å². The maximum absolute atomic E-state index is 12.9. The molecule has 2 aromatic rings. The second-order valence-corrected chi connectivity index (χ2v) is 8.80. The Morgan fingerprint density at radius 1 is 1.00 bits per heavy atom. The Morgan fingerprint density at radius 2 is 1.59 bits per heavy atom. The first-order valence-electron chi connectivity index (χ1n) is 9.95. The van der Waals surface area contributed by atoms with Crippen LogP contribution in [0.1, 0.15) is 45.2 Å². The lowest BCUT2D eigenvalue weighted by Crippen LogP contribution is -2.40. The predicted octanol–water partition coefficient (Wildman–Crippen LogP) is 4.81. The molecule has 0 heterocycles. The number of rotatable bonds is 9. The van der Waals surface area contributed by atoms with E-state index in [4.69, 9.17) is 4.18 Å². The fourth-order valence-electron chi connectivity index (χ4n) is 2.72. The summed E-state index contributed by atoms with van der Waals surface area (Å²) in [7, 11) is -3.55. The van der Waals surface area contributed by atoms with Crippen LogP contribution in [0.2, 0.25) is 0 Å². The fourth-order valence-corrected chi connectivity index (χ4v) is 3.24. The highest BCUT2D eigenvalue weighted by Gasteiger charge is 2.20. The van der Waals surface area contributed by atoms with Crippen molar-refractivity contribution in [2.75, 3.05) is 11.1 Å². The van der Waals surface area contributed by atoms with Crippen molar-refractivity contribution in [2.45, 2.75) is 53.1 Å². The number of carbonyl (C=O) groups is 1. The van der Waals surface area contributed by atoms with E-state index in [0.717, 1.165) is 24.1 Å². The van der Waals surface area contributed by atoms with Crippen LogP contribution in [-0.4, -0.2) is 31.1 Å². The van der Waals surface area contributed by atoms with Gasteiger partial charge in [0.2, 0.25) is 0 Å². The zero-order valence-corrected chi connectivity index (χ0v) is 18.3. The second kappa shape index (κ2) is 10.3. The van der Waals surface area contributed by atoms with Crippen LogP contribution in [0, 0.1) is 0 Å². The molecule has 6 nitrogen and oxygen atoms in total. The minimum atomic E-state index is -3.55. The summed E-state index contributed by atoms with van der Waals surface area (Å²) in [5.41, 5.74) is 2.87. The highest BCUT2D eigenvalue weighted by molar-refractivity contribution is 7.87. The normalized spacial score (nSPS) is 12.3. The minimum absolute atomic E-state index is 0.0429. The van der Waals surface area contributed by atoms with Crippen LogP contribution in [0.4, 0.5) is 10.5 Å². The summed E-state index contributed by atoms with van der Waals surface area (Å²) >= 11 is 0. The summed E-state index contributed by atoms with van der Waals surface area (Å²) in [6, 6.07) is 14.5. The van der Waals surface area contributed by atoms with Crippen LogP contribution in [0.25, 0.3) is 0 Å². The van der Waals surface area contributed by atoms with Crippen molar-refractivity contribution in [2.24, 2.45) is 0 Å². The molecule has 2 amide bonds. The molecule has 7 heteroatoms. The molecule has 29 heavy (non-hydrogen) atoms. The number of hydrogen-bond acceptors (Lipinski definition) is 4. The van der Waals surface area contributed by atoms with E-state index in [1.165, 1.54) is 12.5 Å². The Morgan fingerprint density at radius 3 is 2.10 bits per heavy atom. The van der Waals surface area contributed by atoms with Gasteiger partial charge in [-0.15, -0.1) is 0 Å². The maximum atomic E-state index is 12.9. The van der Waals surface area contributed by atoms with Crippen LogP contribution in [0.3, 0.4) is 0 Å². The third-order valence-corrected chi connectivity index (χ3v) is 6.00. The number of anilines is 1. The molecule has 0 spiro atoms. The molecule has 0 saturated carbocycles. The number of hydrogen-bond donors (Lipinski definition) is 1. The summed E-state index contributed by atoms with van der Waals surface area (Å²) in [6.45, 7) is 8.07. The van der Waals surface area contributed by atoms with Gasteiger partial charge in [-0.2, -0.15) is 8.42 Å². The highest BCUT2D eigenvalue weighted by Crippen LogP contribution is 2.19. The summed E-state index contributed by atoms with van der Waals surface area (Å²) in [5.74, 6) is 0.182. The Balaban J connectivity index is 2.10. The van der Waals surface area contributed by atoms with Gasteiger partial charge in [-0.3, -0.25) is 0 Å². The van der Waals surface area contributed by atoms with Gasteiger partial charge < -0.3 is 14.4 Å². The van der Waals surface area contributed by atoms with E-state index in [1.54, 1.807) is 29.2 Å². The van der Waals surface area contributed by atoms with Crippen molar-refractivity contribution in [3.63, 3.8) is 0 Å². The zero-order valence-electron chi connectivity index (χ0n) is 17.5. The van der Waals surface area contributed by atoms with E-state index in [1.807, 2.05) is 38.1 Å². The average molecular weight is 419 g/mol. The van der Waals surface area contributed by atoms with E-state index in [0.29, 0.717) is 6.54 Å². The molecule has 1 atom stereocenters. The molecule has 1 N–H and O–H groups in total. The van der Waals surface area contributed by atoms with E-state index in [2.05, 4.69) is 12.2 Å². The Labute approximate surface area is 174 Å². The molecule has 0 radical (unpaired) electrons. The van der Waals surface area contributed by atoms with Crippen molar-refractivity contribution >= 4 is 21.8 Å². The van der Waals surface area contributed by atoms with Crippen LogP contribution in [0.5, 0.6) is 5.75 Å². The van der Waals surface area contributed by atoms with E-state index in [-0.39, 0.29) is 23.6 Å². The number of nitrogens with one attached hydrogen (secondary N) is 1. The lowest BCUT2D eigenvalue weighted by molar-refractivity contribution is 0.187. The molecular formula is C22H30N2O4S. The maximum Gasteiger partial charge on any atom is 0.322 e. The summed E-state index contributed by atoms with van der Waals surface area (Å²) in [4.78, 5) is 14.6. The molecule has 0 fully saturated rings. The van der Waals surface area contributed by atoms with Crippen molar-refractivity contribution in [1.29, 1.82) is 0 Å². The number of carbonyl (C=O) groups excluding carboxylic acids is 1. The molecule has 0 aliphatic carbocycles. The summed E-state index contributed by atoms with van der Waals surface area (Å²) < 4.78 is 28.2. The second-order valence-electron chi connectivity index (χ2n) is 6.94. The Kier molecular flexibility index (Phi) is 8.08. The molecule has 0 aliphatic heterocycles. The van der Waals surface area contributed by atoms with Gasteiger partial charge in [0.1, 0.15) is 5.75 Å². The first-order valence-corrected chi connectivity index (χ1v) is 11.5. The molecular weight excluding hydrogens is 388 g/mol. The largest absolute Gasteiger partial charge is 0.382 e. The minimum Gasteiger partial charge on any atom is -0.382 e. The fraction of sp³-hybridized carbons (Fsp3) is 0.409. The molecule has 0 bridgehead atoms. The first-order chi connectivity index (χ1) is 13.8. The molecule has 0 aliphatic rings. The highest BCUT2D eigenvalue weighted by atomic mass is 32.2. The lowest BCUT2D eigenvalue weighted by Gasteiger charge is -2.29. The Bertz CT molecular complexity index is 893. The van der Waals surface area contributed by atoms with Gasteiger partial charge in [0.25, 0.3) is 0 Å². The molecule has 0 saturated heterocycles. The average Bonchev–Trinajstić information content (AvgIpc) is 2.73. The topological polar surface area (TPSA) is 75.7 Å². The van der Waals surface area contributed by atoms with E-state index < -0.39 is 10.1 Å². The van der Waals surface area contributed by atoms with Crippen molar-refractivity contribution in [3.05, 3.63) is 59.7 Å². The van der Waals surface area contributed by atoms with Crippen LogP contribution >= 0.6 is 0 Å². The van der Waals surface area contributed by atoms with E-state index in [9.17, 15) is 13.2 Å². The van der Waals surface area contributed by atoms with Gasteiger partial charge in [0, 0.05) is 18.3 Å². The zero-order chi connectivity index (χ0) is 21.4.